The number of carbonyl (C=O) groups excluding carboxylic acids is 2. The van der Waals surface area contributed by atoms with Crippen LogP contribution in [0.1, 0.15) is 57.5 Å². The van der Waals surface area contributed by atoms with Crippen LogP contribution in [-0.4, -0.2) is 70.7 Å². The maximum Gasteiger partial charge on any atom is 0.410 e. The maximum atomic E-state index is 12.9. The van der Waals surface area contributed by atoms with Crippen LogP contribution in [0.2, 0.25) is 0 Å². The van der Waals surface area contributed by atoms with Gasteiger partial charge in [0.05, 0.1) is 0 Å². The molecular weight excluding hydrogens is 398 g/mol. The summed E-state index contributed by atoms with van der Waals surface area (Å²) in [6, 6.07) is 4.76. The van der Waals surface area contributed by atoms with Crippen molar-refractivity contribution in [1.29, 1.82) is 0 Å². The highest BCUT2D eigenvalue weighted by molar-refractivity contribution is 6.01. The Hall–Kier alpha value is -2.77. The van der Waals surface area contributed by atoms with Crippen molar-refractivity contribution in [2.75, 3.05) is 31.1 Å². The third-order valence-corrected chi connectivity index (χ3v) is 5.58. The lowest BCUT2D eigenvalue weighted by molar-refractivity contribution is -0.146. The molecule has 8 nitrogen and oxygen atoms in total. The number of fused-ring (bicyclic) bond motifs is 1. The number of anilines is 1. The second-order valence-corrected chi connectivity index (χ2v) is 10.3. The number of carbonyl (C=O) groups is 3. The van der Waals surface area contributed by atoms with E-state index in [1.54, 1.807) is 11.0 Å². The standard InChI is InChI=1S/C23H33N3O5/c1-22(2,3)18(20(28)29)26-14-15-13-16(7-8-17(15)19(26)27)24-9-11-25(12-10-24)21(30)31-23(4,5)6/h7-8,13,18H,9-12,14H2,1-6H3,(H,28,29)/t18-/m1/s1. The first kappa shape index (κ1) is 22.9. The normalized spacial score (nSPS) is 18.1. The number of benzene rings is 1. The van der Waals surface area contributed by atoms with Gasteiger partial charge in [0.25, 0.3) is 5.91 Å². The summed E-state index contributed by atoms with van der Waals surface area (Å²) in [6.45, 7) is 13.8. The predicted octanol–water partition coefficient (Wildman–Crippen LogP) is 3.20. The van der Waals surface area contributed by atoms with Crippen molar-refractivity contribution in [1.82, 2.24) is 9.80 Å². The van der Waals surface area contributed by atoms with Crippen LogP contribution in [0.15, 0.2) is 18.2 Å². The van der Waals surface area contributed by atoms with Gasteiger partial charge in [-0.2, -0.15) is 0 Å². The summed E-state index contributed by atoms with van der Waals surface area (Å²) < 4.78 is 5.45. The summed E-state index contributed by atoms with van der Waals surface area (Å²) in [6.07, 6.45) is -0.302. The Labute approximate surface area is 183 Å². The SMILES string of the molecule is CC(C)(C)OC(=O)N1CCN(c2ccc3c(c2)CN([C@H](C(=O)O)C(C)(C)C)C3=O)CC1. The van der Waals surface area contributed by atoms with Crippen molar-refractivity contribution in [3.63, 3.8) is 0 Å². The van der Waals surface area contributed by atoms with Crippen LogP contribution in [0.25, 0.3) is 0 Å². The van der Waals surface area contributed by atoms with Gasteiger partial charge in [-0.1, -0.05) is 20.8 Å². The minimum Gasteiger partial charge on any atom is -0.480 e. The Morgan fingerprint density at radius 1 is 1.03 bits per heavy atom. The lowest BCUT2D eigenvalue weighted by Crippen LogP contribution is -2.50. The smallest absolute Gasteiger partial charge is 0.410 e. The molecule has 1 aromatic carbocycles. The van der Waals surface area contributed by atoms with Gasteiger partial charge < -0.3 is 24.5 Å². The number of hydrogen-bond donors (Lipinski definition) is 1. The molecule has 0 spiro atoms. The molecule has 1 N–H and O–H groups in total. The van der Waals surface area contributed by atoms with Crippen LogP contribution in [0.5, 0.6) is 0 Å². The average molecular weight is 432 g/mol. The zero-order valence-electron chi connectivity index (χ0n) is 19.3. The van der Waals surface area contributed by atoms with Crippen molar-refractivity contribution < 1.29 is 24.2 Å². The Morgan fingerprint density at radius 3 is 2.16 bits per heavy atom. The van der Waals surface area contributed by atoms with Gasteiger partial charge in [0.2, 0.25) is 0 Å². The summed E-state index contributed by atoms with van der Waals surface area (Å²) in [4.78, 5) is 42.4. The molecule has 0 radical (unpaired) electrons. The van der Waals surface area contributed by atoms with E-state index in [-0.39, 0.29) is 18.5 Å². The lowest BCUT2D eigenvalue weighted by Gasteiger charge is -2.37. The minimum atomic E-state index is -0.993. The quantitative estimate of drug-likeness (QED) is 0.790. The number of nitrogens with zero attached hydrogens (tertiary/aromatic N) is 3. The second kappa shape index (κ2) is 8.05. The molecule has 3 rings (SSSR count). The van der Waals surface area contributed by atoms with Gasteiger partial charge in [-0.15, -0.1) is 0 Å². The molecule has 2 aliphatic rings. The summed E-state index contributed by atoms with van der Waals surface area (Å²) in [5, 5.41) is 9.72. The summed E-state index contributed by atoms with van der Waals surface area (Å²) >= 11 is 0. The molecule has 0 aliphatic carbocycles. The van der Waals surface area contributed by atoms with E-state index in [0.29, 0.717) is 31.7 Å². The zero-order valence-corrected chi connectivity index (χ0v) is 19.3. The number of carboxylic acid groups (broad SMARTS) is 1. The first-order valence-electron chi connectivity index (χ1n) is 10.7. The Bertz CT molecular complexity index is 876. The number of aliphatic carboxylic acids is 1. The fraction of sp³-hybridized carbons (Fsp3) is 0.609. The molecule has 2 aliphatic heterocycles. The van der Waals surface area contributed by atoms with Gasteiger partial charge in [0, 0.05) is 44.0 Å². The highest BCUT2D eigenvalue weighted by Gasteiger charge is 2.43. The van der Waals surface area contributed by atoms with E-state index in [2.05, 4.69) is 4.90 Å². The van der Waals surface area contributed by atoms with Crippen molar-refractivity contribution in [2.24, 2.45) is 5.41 Å². The van der Waals surface area contributed by atoms with Gasteiger partial charge in [0.1, 0.15) is 11.6 Å². The van der Waals surface area contributed by atoms with E-state index in [4.69, 9.17) is 4.74 Å². The molecule has 2 heterocycles. The Kier molecular flexibility index (Phi) is 5.95. The van der Waals surface area contributed by atoms with E-state index in [0.717, 1.165) is 11.3 Å². The molecular formula is C23H33N3O5. The van der Waals surface area contributed by atoms with Crippen molar-refractivity contribution in [3.05, 3.63) is 29.3 Å². The highest BCUT2D eigenvalue weighted by Crippen LogP contribution is 2.34. The third kappa shape index (κ3) is 4.94. The Morgan fingerprint density at radius 2 is 1.65 bits per heavy atom. The fourth-order valence-electron chi connectivity index (χ4n) is 4.18. The van der Waals surface area contributed by atoms with Gasteiger partial charge in [-0.3, -0.25) is 4.79 Å². The predicted molar refractivity (Wildman–Crippen MR) is 117 cm³/mol. The van der Waals surface area contributed by atoms with Gasteiger partial charge in [-0.05, 0) is 49.9 Å². The summed E-state index contributed by atoms with van der Waals surface area (Å²) in [5.41, 5.74) is 1.27. The molecule has 8 heteroatoms. The molecule has 1 aromatic rings. The van der Waals surface area contributed by atoms with Crippen LogP contribution >= 0.6 is 0 Å². The average Bonchev–Trinajstić information content (AvgIpc) is 2.94. The molecule has 0 bridgehead atoms. The molecule has 1 atom stereocenters. The minimum absolute atomic E-state index is 0.237. The number of hydrogen-bond acceptors (Lipinski definition) is 5. The number of carboxylic acids is 1. The van der Waals surface area contributed by atoms with Crippen LogP contribution in [-0.2, 0) is 16.1 Å². The van der Waals surface area contributed by atoms with Crippen LogP contribution in [0.4, 0.5) is 10.5 Å². The van der Waals surface area contributed by atoms with Crippen LogP contribution < -0.4 is 4.90 Å². The molecule has 0 aromatic heterocycles. The zero-order chi connectivity index (χ0) is 23.1. The van der Waals surface area contributed by atoms with E-state index in [9.17, 15) is 19.5 Å². The summed E-state index contributed by atoms with van der Waals surface area (Å²) in [5.74, 6) is -1.23. The molecule has 170 valence electrons. The van der Waals surface area contributed by atoms with E-state index in [1.165, 1.54) is 4.90 Å². The third-order valence-electron chi connectivity index (χ3n) is 5.58. The second-order valence-electron chi connectivity index (χ2n) is 10.3. The molecule has 1 fully saturated rings. The van der Waals surface area contributed by atoms with E-state index >= 15 is 0 Å². The van der Waals surface area contributed by atoms with Crippen molar-refractivity contribution in [2.45, 2.75) is 59.7 Å². The van der Waals surface area contributed by atoms with Gasteiger partial charge in [0.15, 0.2) is 0 Å². The number of rotatable bonds is 3. The monoisotopic (exact) mass is 431 g/mol. The van der Waals surface area contributed by atoms with E-state index < -0.39 is 23.0 Å². The summed E-state index contributed by atoms with van der Waals surface area (Å²) in [7, 11) is 0. The maximum absolute atomic E-state index is 12.9. The van der Waals surface area contributed by atoms with Gasteiger partial charge in [-0.25, -0.2) is 9.59 Å². The largest absolute Gasteiger partial charge is 0.480 e. The van der Waals surface area contributed by atoms with Crippen LogP contribution in [0, 0.1) is 5.41 Å². The van der Waals surface area contributed by atoms with Crippen molar-refractivity contribution >= 4 is 23.7 Å². The molecule has 31 heavy (non-hydrogen) atoms. The number of ether oxygens (including phenoxy) is 1. The van der Waals surface area contributed by atoms with Crippen LogP contribution in [0.3, 0.4) is 0 Å². The molecule has 1 saturated heterocycles. The Balaban J connectivity index is 1.70. The molecule has 0 saturated carbocycles. The van der Waals surface area contributed by atoms with E-state index in [1.807, 2.05) is 53.7 Å². The molecule has 2 amide bonds. The topological polar surface area (TPSA) is 90.4 Å². The first-order chi connectivity index (χ1) is 14.3. The fourth-order valence-corrected chi connectivity index (χ4v) is 4.18. The number of piperazine rings is 1. The highest BCUT2D eigenvalue weighted by atomic mass is 16.6. The number of amides is 2. The molecule has 0 unspecified atom stereocenters. The lowest BCUT2D eigenvalue weighted by atomic mass is 9.85. The van der Waals surface area contributed by atoms with Crippen molar-refractivity contribution in [3.8, 4) is 0 Å². The van der Waals surface area contributed by atoms with Gasteiger partial charge >= 0.3 is 12.1 Å². The first-order valence-corrected chi connectivity index (χ1v) is 10.7.